The number of ketones is 4. The highest BCUT2D eigenvalue weighted by atomic mass is 16.2. The van der Waals surface area contributed by atoms with Crippen LogP contribution in [0.1, 0.15) is 64.7 Å². The fourth-order valence-electron chi connectivity index (χ4n) is 1.86. The summed E-state index contributed by atoms with van der Waals surface area (Å²) in [6.45, 7) is 5.27. The van der Waals surface area contributed by atoms with E-state index < -0.39 is 23.1 Å². The molecule has 0 fully saturated rings. The average Bonchev–Trinajstić information content (AvgIpc) is 2.47. The Morgan fingerprint density at radius 1 is 0.800 bits per heavy atom. The SMILES string of the molecule is C=CC(=O)C(=O)C(=O)C(=O)CCCCCCCCCC. The molecule has 0 aromatic heterocycles. The number of carbonyl (C=O) groups is 4. The van der Waals surface area contributed by atoms with Crippen LogP contribution in [0.25, 0.3) is 0 Å². The van der Waals surface area contributed by atoms with Crippen LogP contribution in [0.2, 0.25) is 0 Å². The van der Waals surface area contributed by atoms with Crippen molar-refractivity contribution in [3.05, 3.63) is 12.7 Å². The van der Waals surface area contributed by atoms with Crippen LogP contribution in [0.3, 0.4) is 0 Å². The van der Waals surface area contributed by atoms with Gasteiger partial charge in [-0.05, 0) is 12.5 Å². The monoisotopic (exact) mass is 280 g/mol. The first-order valence-electron chi connectivity index (χ1n) is 7.32. The molecule has 0 spiro atoms. The molecule has 0 radical (unpaired) electrons. The Balaban J connectivity index is 3.73. The second kappa shape index (κ2) is 11.3. The average molecular weight is 280 g/mol. The van der Waals surface area contributed by atoms with Crippen molar-refractivity contribution in [3.63, 3.8) is 0 Å². The second-order valence-corrected chi connectivity index (χ2v) is 4.87. The van der Waals surface area contributed by atoms with Gasteiger partial charge in [-0.25, -0.2) is 0 Å². The van der Waals surface area contributed by atoms with Gasteiger partial charge >= 0.3 is 0 Å². The number of hydrogen-bond donors (Lipinski definition) is 0. The second-order valence-electron chi connectivity index (χ2n) is 4.87. The Labute approximate surface area is 120 Å². The van der Waals surface area contributed by atoms with Crippen LogP contribution in [-0.2, 0) is 19.2 Å². The number of rotatable bonds is 13. The highest BCUT2D eigenvalue weighted by molar-refractivity contribution is 6.79. The third-order valence-corrected chi connectivity index (χ3v) is 3.13. The quantitative estimate of drug-likeness (QED) is 0.225. The van der Waals surface area contributed by atoms with Gasteiger partial charge in [0.15, 0.2) is 0 Å². The van der Waals surface area contributed by atoms with E-state index in [1.54, 1.807) is 0 Å². The standard InChI is InChI=1S/C16H24O4/c1-3-5-6-7-8-9-10-11-12-14(18)16(20)15(19)13(17)4-2/h4H,2-3,5-12H2,1H3. The van der Waals surface area contributed by atoms with Crippen LogP contribution in [0.5, 0.6) is 0 Å². The van der Waals surface area contributed by atoms with Crippen LogP contribution in [0.4, 0.5) is 0 Å². The molecule has 4 heteroatoms. The molecule has 0 saturated heterocycles. The zero-order valence-corrected chi connectivity index (χ0v) is 12.3. The minimum absolute atomic E-state index is 0.0456. The van der Waals surface area contributed by atoms with Gasteiger partial charge in [-0.3, -0.25) is 19.2 Å². The smallest absolute Gasteiger partial charge is 0.276 e. The zero-order valence-electron chi connectivity index (χ0n) is 12.3. The summed E-state index contributed by atoms with van der Waals surface area (Å²) in [4.78, 5) is 44.8. The number of carbonyl (C=O) groups excluding carboxylic acids is 4. The van der Waals surface area contributed by atoms with E-state index in [1.807, 2.05) is 0 Å². The van der Waals surface area contributed by atoms with Crippen molar-refractivity contribution in [2.75, 3.05) is 0 Å². The first-order valence-corrected chi connectivity index (χ1v) is 7.32. The van der Waals surface area contributed by atoms with Gasteiger partial charge in [-0.2, -0.15) is 0 Å². The Hall–Kier alpha value is -1.58. The maximum Gasteiger partial charge on any atom is 0.276 e. The van der Waals surface area contributed by atoms with Crippen molar-refractivity contribution in [3.8, 4) is 0 Å². The molecule has 4 nitrogen and oxygen atoms in total. The van der Waals surface area contributed by atoms with Gasteiger partial charge in [0.1, 0.15) is 0 Å². The lowest BCUT2D eigenvalue weighted by atomic mass is 10.0. The first-order chi connectivity index (χ1) is 9.54. The molecule has 0 aromatic rings. The van der Waals surface area contributed by atoms with E-state index in [2.05, 4.69) is 13.5 Å². The minimum atomic E-state index is -1.27. The lowest BCUT2D eigenvalue weighted by Crippen LogP contribution is -2.29. The summed E-state index contributed by atoms with van der Waals surface area (Å²) in [5.41, 5.74) is 0. The largest absolute Gasteiger partial charge is 0.290 e. The van der Waals surface area contributed by atoms with Crippen LogP contribution < -0.4 is 0 Å². The molecule has 0 amide bonds. The topological polar surface area (TPSA) is 68.3 Å². The molecule has 0 unspecified atom stereocenters. The Kier molecular flexibility index (Phi) is 10.4. The minimum Gasteiger partial charge on any atom is -0.290 e. The maximum absolute atomic E-state index is 11.4. The van der Waals surface area contributed by atoms with E-state index in [-0.39, 0.29) is 6.42 Å². The van der Waals surface area contributed by atoms with Crippen molar-refractivity contribution >= 4 is 23.1 Å². The number of unbranched alkanes of at least 4 members (excludes halogenated alkanes) is 7. The van der Waals surface area contributed by atoms with Crippen LogP contribution in [0.15, 0.2) is 12.7 Å². The molecule has 0 rings (SSSR count). The summed E-state index contributed by atoms with van der Waals surface area (Å²) in [6, 6.07) is 0. The molecular formula is C16H24O4. The van der Waals surface area contributed by atoms with Crippen molar-refractivity contribution in [1.82, 2.24) is 0 Å². The van der Waals surface area contributed by atoms with Crippen molar-refractivity contribution in [2.45, 2.75) is 64.7 Å². The molecule has 0 saturated carbocycles. The number of Topliss-reactive ketones (excluding diaryl/α,β-unsaturated/α-hetero) is 3. The number of hydrogen-bond acceptors (Lipinski definition) is 4. The predicted molar refractivity (Wildman–Crippen MR) is 77.5 cm³/mol. The predicted octanol–water partition coefficient (Wildman–Crippen LogP) is 2.98. The normalized spacial score (nSPS) is 10.1. The zero-order chi connectivity index (χ0) is 15.4. The third-order valence-electron chi connectivity index (χ3n) is 3.13. The van der Waals surface area contributed by atoms with Crippen LogP contribution in [-0.4, -0.2) is 23.1 Å². The maximum atomic E-state index is 11.4. The molecule has 0 heterocycles. The summed E-state index contributed by atoms with van der Waals surface area (Å²) in [7, 11) is 0. The van der Waals surface area contributed by atoms with Crippen molar-refractivity contribution in [1.29, 1.82) is 0 Å². The van der Waals surface area contributed by atoms with Gasteiger partial charge in [0.25, 0.3) is 11.6 Å². The molecule has 0 atom stereocenters. The molecular weight excluding hydrogens is 256 g/mol. The fourth-order valence-corrected chi connectivity index (χ4v) is 1.86. The van der Waals surface area contributed by atoms with Crippen LogP contribution in [0, 0.1) is 0 Å². The van der Waals surface area contributed by atoms with Gasteiger partial charge in [0, 0.05) is 6.42 Å². The van der Waals surface area contributed by atoms with E-state index in [0.717, 1.165) is 25.3 Å². The van der Waals surface area contributed by atoms with E-state index in [1.165, 1.54) is 25.7 Å². The van der Waals surface area contributed by atoms with Gasteiger partial charge in [0.05, 0.1) is 0 Å². The van der Waals surface area contributed by atoms with Crippen molar-refractivity contribution < 1.29 is 19.2 Å². The summed E-state index contributed by atoms with van der Waals surface area (Å²) in [6.07, 6.45) is 9.34. The Morgan fingerprint density at radius 3 is 1.80 bits per heavy atom. The van der Waals surface area contributed by atoms with E-state index >= 15 is 0 Å². The van der Waals surface area contributed by atoms with E-state index in [0.29, 0.717) is 6.42 Å². The van der Waals surface area contributed by atoms with Gasteiger partial charge in [-0.1, -0.05) is 58.4 Å². The van der Waals surface area contributed by atoms with Gasteiger partial charge < -0.3 is 0 Å². The summed E-state index contributed by atoms with van der Waals surface area (Å²) in [5.74, 6) is -4.27. The highest BCUT2D eigenvalue weighted by Gasteiger charge is 2.26. The lowest BCUT2D eigenvalue weighted by molar-refractivity contribution is -0.147. The van der Waals surface area contributed by atoms with Gasteiger partial charge in [-0.15, -0.1) is 0 Å². The molecule has 0 aliphatic rings. The fraction of sp³-hybridized carbons (Fsp3) is 0.625. The molecule has 0 aliphatic heterocycles. The van der Waals surface area contributed by atoms with E-state index in [4.69, 9.17) is 0 Å². The molecule has 0 N–H and O–H groups in total. The Bertz CT molecular complexity index is 369. The molecule has 112 valence electrons. The molecule has 20 heavy (non-hydrogen) atoms. The highest BCUT2D eigenvalue weighted by Crippen LogP contribution is 2.09. The van der Waals surface area contributed by atoms with Crippen LogP contribution >= 0.6 is 0 Å². The number of allylic oxidation sites excluding steroid dienone is 1. The van der Waals surface area contributed by atoms with E-state index in [9.17, 15) is 19.2 Å². The summed E-state index contributed by atoms with van der Waals surface area (Å²) >= 11 is 0. The summed E-state index contributed by atoms with van der Waals surface area (Å²) < 4.78 is 0. The first kappa shape index (κ1) is 18.4. The third kappa shape index (κ3) is 7.77. The summed E-state index contributed by atoms with van der Waals surface area (Å²) in [5, 5.41) is 0. The van der Waals surface area contributed by atoms with Gasteiger partial charge in [0.2, 0.25) is 11.6 Å². The molecule has 0 aliphatic carbocycles. The molecule has 0 bridgehead atoms. The van der Waals surface area contributed by atoms with Crippen molar-refractivity contribution in [2.24, 2.45) is 0 Å². The lowest BCUT2D eigenvalue weighted by Gasteiger charge is -2.01. The Morgan fingerprint density at radius 2 is 1.30 bits per heavy atom. The molecule has 0 aromatic carbocycles.